The van der Waals surface area contributed by atoms with Gasteiger partial charge in [-0.3, -0.25) is 0 Å². The molecule has 1 saturated carbocycles. The van der Waals surface area contributed by atoms with Crippen molar-refractivity contribution in [2.75, 3.05) is 19.3 Å². The fraction of sp³-hybridized carbons (Fsp3) is 1.00. The quantitative estimate of drug-likeness (QED) is 0.733. The summed E-state index contributed by atoms with van der Waals surface area (Å²) in [5.41, 5.74) is 5.64. The molecule has 15 heavy (non-hydrogen) atoms. The Morgan fingerprint density at radius 3 is 2.27 bits per heavy atom. The van der Waals surface area contributed by atoms with Crippen LogP contribution in [0.4, 0.5) is 0 Å². The molecule has 90 valence electrons. The molecule has 1 rings (SSSR count). The number of likely N-dealkylation sites (N-methyl/N-ethyl adjacent to an activating group) is 1. The summed E-state index contributed by atoms with van der Waals surface area (Å²) >= 11 is 0. The number of nitrogens with two attached hydrogens (primary N) is 1. The lowest BCUT2D eigenvalue weighted by Crippen LogP contribution is -2.44. The Bertz CT molecular complexity index is 297. The average molecular weight is 234 g/mol. The fourth-order valence-electron chi connectivity index (χ4n) is 1.86. The molecule has 4 nitrogen and oxygen atoms in total. The van der Waals surface area contributed by atoms with Crippen LogP contribution in [0.1, 0.15) is 26.7 Å². The molecule has 0 aliphatic heterocycles. The first kappa shape index (κ1) is 12.9. The molecule has 0 aromatic heterocycles. The van der Waals surface area contributed by atoms with Crippen LogP contribution in [0.25, 0.3) is 0 Å². The Labute approximate surface area is 92.9 Å². The maximum atomic E-state index is 11.9. The molecular weight excluding hydrogens is 212 g/mol. The minimum atomic E-state index is -3.12. The summed E-state index contributed by atoms with van der Waals surface area (Å²) in [7, 11) is -1.46. The van der Waals surface area contributed by atoms with Gasteiger partial charge in [0.15, 0.2) is 0 Å². The van der Waals surface area contributed by atoms with Gasteiger partial charge in [0.1, 0.15) is 0 Å². The smallest absolute Gasteiger partial charge is 0.214 e. The highest BCUT2D eigenvalue weighted by Crippen LogP contribution is 2.35. The first-order valence-corrected chi connectivity index (χ1v) is 7.15. The van der Waals surface area contributed by atoms with Crippen molar-refractivity contribution >= 4 is 10.0 Å². The van der Waals surface area contributed by atoms with E-state index in [0.29, 0.717) is 12.5 Å². The monoisotopic (exact) mass is 234 g/mol. The van der Waals surface area contributed by atoms with E-state index >= 15 is 0 Å². The van der Waals surface area contributed by atoms with E-state index in [9.17, 15) is 8.42 Å². The van der Waals surface area contributed by atoms with Gasteiger partial charge >= 0.3 is 0 Å². The van der Waals surface area contributed by atoms with Crippen molar-refractivity contribution in [2.24, 2.45) is 17.6 Å². The molecule has 0 radical (unpaired) electrons. The zero-order valence-electron chi connectivity index (χ0n) is 9.81. The van der Waals surface area contributed by atoms with E-state index in [4.69, 9.17) is 5.73 Å². The first-order chi connectivity index (χ1) is 6.88. The predicted molar refractivity (Wildman–Crippen MR) is 62.0 cm³/mol. The van der Waals surface area contributed by atoms with Crippen LogP contribution in [0.5, 0.6) is 0 Å². The van der Waals surface area contributed by atoms with Gasteiger partial charge < -0.3 is 5.73 Å². The number of hydrogen-bond donors (Lipinski definition) is 1. The van der Waals surface area contributed by atoms with E-state index in [1.807, 2.05) is 13.8 Å². The maximum Gasteiger partial charge on any atom is 0.214 e. The fourth-order valence-corrected chi connectivity index (χ4v) is 3.61. The van der Waals surface area contributed by atoms with Gasteiger partial charge in [-0.25, -0.2) is 12.7 Å². The molecule has 1 unspecified atom stereocenters. The van der Waals surface area contributed by atoms with Crippen molar-refractivity contribution in [1.29, 1.82) is 0 Å². The summed E-state index contributed by atoms with van der Waals surface area (Å²) in [6.45, 7) is 4.26. The van der Waals surface area contributed by atoms with Crippen LogP contribution in [0, 0.1) is 11.8 Å². The van der Waals surface area contributed by atoms with Crippen LogP contribution in [0.15, 0.2) is 0 Å². The van der Waals surface area contributed by atoms with E-state index in [2.05, 4.69) is 0 Å². The highest BCUT2D eigenvalue weighted by atomic mass is 32.2. The molecule has 0 spiro atoms. The number of hydrogen-bond acceptors (Lipinski definition) is 3. The van der Waals surface area contributed by atoms with E-state index < -0.39 is 10.0 Å². The van der Waals surface area contributed by atoms with E-state index in [0.717, 1.165) is 12.8 Å². The van der Waals surface area contributed by atoms with E-state index in [-0.39, 0.29) is 17.7 Å². The van der Waals surface area contributed by atoms with Crippen LogP contribution in [0.3, 0.4) is 0 Å². The largest absolute Gasteiger partial charge is 0.329 e. The molecule has 1 fully saturated rings. The van der Waals surface area contributed by atoms with Crippen molar-refractivity contribution in [3.63, 3.8) is 0 Å². The van der Waals surface area contributed by atoms with Gasteiger partial charge in [-0.2, -0.15) is 0 Å². The molecule has 0 bridgehead atoms. The standard InChI is InChI=1S/C10H22N2O2S/c1-8(2)7-15(13,14)12(3)10(6-11)9-4-5-9/h8-10H,4-7,11H2,1-3H3. The van der Waals surface area contributed by atoms with Crippen molar-refractivity contribution in [3.8, 4) is 0 Å². The Kier molecular flexibility index (Phi) is 4.14. The summed E-state index contributed by atoms with van der Waals surface area (Å²) < 4.78 is 25.4. The third kappa shape index (κ3) is 3.43. The zero-order valence-corrected chi connectivity index (χ0v) is 10.6. The second kappa shape index (κ2) is 4.80. The number of rotatable bonds is 6. The second-order valence-electron chi connectivity index (χ2n) is 4.83. The van der Waals surface area contributed by atoms with Crippen molar-refractivity contribution in [2.45, 2.75) is 32.7 Å². The summed E-state index contributed by atoms with van der Waals surface area (Å²) in [6, 6.07) is 0.00810. The van der Waals surface area contributed by atoms with Gasteiger partial charge in [0, 0.05) is 19.6 Å². The van der Waals surface area contributed by atoms with Gasteiger partial charge in [0.05, 0.1) is 5.75 Å². The topological polar surface area (TPSA) is 63.4 Å². The van der Waals surface area contributed by atoms with Gasteiger partial charge in [-0.1, -0.05) is 13.8 Å². The Hall–Kier alpha value is -0.130. The highest BCUT2D eigenvalue weighted by molar-refractivity contribution is 7.89. The van der Waals surface area contributed by atoms with Gasteiger partial charge in [-0.05, 0) is 24.7 Å². The summed E-state index contributed by atoms with van der Waals surface area (Å²) in [4.78, 5) is 0. The number of nitrogens with zero attached hydrogens (tertiary/aromatic N) is 1. The Morgan fingerprint density at radius 2 is 1.93 bits per heavy atom. The molecule has 0 heterocycles. The van der Waals surface area contributed by atoms with Crippen molar-refractivity contribution in [1.82, 2.24) is 4.31 Å². The van der Waals surface area contributed by atoms with E-state index in [1.54, 1.807) is 7.05 Å². The molecular formula is C10H22N2O2S. The first-order valence-electron chi connectivity index (χ1n) is 5.54. The van der Waals surface area contributed by atoms with Crippen LogP contribution in [-0.4, -0.2) is 38.1 Å². The van der Waals surface area contributed by atoms with Gasteiger partial charge in [-0.15, -0.1) is 0 Å². The molecule has 1 aliphatic rings. The van der Waals surface area contributed by atoms with Crippen LogP contribution >= 0.6 is 0 Å². The Balaban J connectivity index is 2.67. The summed E-state index contributed by atoms with van der Waals surface area (Å²) in [6.07, 6.45) is 2.23. The minimum absolute atomic E-state index is 0.00810. The lowest BCUT2D eigenvalue weighted by molar-refractivity contribution is 0.338. The SMILES string of the molecule is CC(C)CS(=O)(=O)N(C)C(CN)C1CC1. The van der Waals surface area contributed by atoms with E-state index in [1.165, 1.54) is 4.31 Å². The third-order valence-corrected chi connectivity index (χ3v) is 5.09. The lowest BCUT2D eigenvalue weighted by atomic mass is 10.2. The molecule has 1 atom stereocenters. The Morgan fingerprint density at radius 1 is 1.40 bits per heavy atom. The molecule has 1 aliphatic carbocycles. The normalized spacial score (nSPS) is 19.9. The van der Waals surface area contributed by atoms with Crippen LogP contribution < -0.4 is 5.73 Å². The molecule has 0 aromatic carbocycles. The molecule has 2 N–H and O–H groups in total. The lowest BCUT2D eigenvalue weighted by Gasteiger charge is -2.27. The molecule has 0 saturated heterocycles. The molecule has 5 heteroatoms. The summed E-state index contributed by atoms with van der Waals surface area (Å²) in [5.74, 6) is 0.865. The predicted octanol–water partition coefficient (Wildman–Crippen LogP) is 0.641. The maximum absolute atomic E-state index is 11.9. The zero-order chi connectivity index (χ0) is 11.6. The van der Waals surface area contributed by atoms with Gasteiger partial charge in [0.2, 0.25) is 10.0 Å². The highest BCUT2D eigenvalue weighted by Gasteiger charge is 2.37. The van der Waals surface area contributed by atoms with Crippen LogP contribution in [-0.2, 0) is 10.0 Å². The second-order valence-corrected chi connectivity index (χ2v) is 6.90. The number of sulfonamides is 1. The third-order valence-electron chi connectivity index (χ3n) is 2.86. The van der Waals surface area contributed by atoms with Crippen molar-refractivity contribution in [3.05, 3.63) is 0 Å². The van der Waals surface area contributed by atoms with Gasteiger partial charge in [0.25, 0.3) is 0 Å². The molecule has 0 aromatic rings. The minimum Gasteiger partial charge on any atom is -0.329 e. The van der Waals surface area contributed by atoms with Crippen LogP contribution in [0.2, 0.25) is 0 Å². The summed E-state index contributed by atoms with van der Waals surface area (Å²) in [5, 5.41) is 0. The average Bonchev–Trinajstić information content (AvgIpc) is 2.87. The molecule has 0 amide bonds. The van der Waals surface area contributed by atoms with Crippen molar-refractivity contribution < 1.29 is 8.42 Å².